The molecule has 0 aliphatic rings. The summed E-state index contributed by atoms with van der Waals surface area (Å²) in [5.74, 6) is 1.84. The molecule has 0 amide bonds. The molecule has 5 heteroatoms. The summed E-state index contributed by atoms with van der Waals surface area (Å²) < 4.78 is 10.4. The first-order valence-electron chi connectivity index (χ1n) is 9.00. The summed E-state index contributed by atoms with van der Waals surface area (Å²) >= 11 is 0. The Labute approximate surface area is 165 Å². The van der Waals surface area contributed by atoms with Crippen LogP contribution in [0.4, 0.5) is 5.69 Å². The Bertz CT molecular complexity index is 935. The Balaban J connectivity index is 1.66. The van der Waals surface area contributed by atoms with E-state index in [-0.39, 0.29) is 11.7 Å². The highest BCUT2D eigenvalue weighted by molar-refractivity contribution is 5.80. The molecule has 3 rings (SSSR count). The summed E-state index contributed by atoms with van der Waals surface area (Å²) in [6.07, 6.45) is 1.75. The first kappa shape index (κ1) is 19.3. The molecule has 0 bridgehead atoms. The Kier molecular flexibility index (Phi) is 6.17. The highest BCUT2D eigenvalue weighted by Crippen LogP contribution is 2.34. The van der Waals surface area contributed by atoms with Gasteiger partial charge in [0.1, 0.15) is 17.2 Å². The van der Waals surface area contributed by atoms with Gasteiger partial charge in [-0.2, -0.15) is 5.10 Å². The highest BCUT2D eigenvalue weighted by Gasteiger charge is 2.13. The lowest BCUT2D eigenvalue weighted by atomic mass is 9.92. The van der Waals surface area contributed by atoms with Crippen LogP contribution in [0.2, 0.25) is 0 Å². The van der Waals surface area contributed by atoms with E-state index in [4.69, 9.17) is 9.47 Å². The zero-order valence-electron chi connectivity index (χ0n) is 16.2. The number of anilines is 1. The molecule has 1 atom stereocenters. The predicted molar refractivity (Wildman–Crippen MR) is 113 cm³/mol. The Morgan fingerprint density at radius 3 is 2.18 bits per heavy atom. The minimum atomic E-state index is 0.0342. The zero-order valence-corrected chi connectivity index (χ0v) is 16.2. The molecule has 0 fully saturated rings. The number of methoxy groups -OCH3 is 2. The number of hydrazone groups is 1. The monoisotopic (exact) mass is 376 g/mol. The number of phenolic OH excluding ortho intramolecular Hbond substituents is 1. The lowest BCUT2D eigenvalue weighted by Gasteiger charge is -2.15. The summed E-state index contributed by atoms with van der Waals surface area (Å²) in [6.45, 7) is 2.05. The Morgan fingerprint density at radius 2 is 1.54 bits per heavy atom. The van der Waals surface area contributed by atoms with Crippen molar-refractivity contribution >= 4 is 11.9 Å². The maximum Gasteiger partial charge on any atom is 0.119 e. The van der Waals surface area contributed by atoms with Crippen molar-refractivity contribution in [3.05, 3.63) is 83.4 Å². The summed E-state index contributed by atoms with van der Waals surface area (Å²) in [7, 11) is 3.26. The third-order valence-corrected chi connectivity index (χ3v) is 4.63. The maximum absolute atomic E-state index is 10.2. The Morgan fingerprint density at radius 1 is 0.893 bits per heavy atom. The fourth-order valence-corrected chi connectivity index (χ4v) is 2.90. The number of nitrogens with one attached hydrogen (secondary N) is 1. The van der Waals surface area contributed by atoms with E-state index in [1.165, 1.54) is 0 Å². The molecule has 0 aromatic heterocycles. The molecule has 0 heterocycles. The van der Waals surface area contributed by atoms with Crippen molar-refractivity contribution < 1.29 is 14.6 Å². The van der Waals surface area contributed by atoms with Gasteiger partial charge in [0, 0.05) is 11.5 Å². The van der Waals surface area contributed by atoms with E-state index < -0.39 is 0 Å². The van der Waals surface area contributed by atoms with Crippen LogP contribution in [0.15, 0.2) is 71.8 Å². The fraction of sp³-hybridized carbons (Fsp3) is 0.174. The lowest BCUT2D eigenvalue weighted by Crippen LogP contribution is -1.98. The standard InChI is InChI=1S/C23H24N2O3/c1-16(22-14-21(28-3)12-13-23(22)26)18-6-8-19(9-7-18)25-24-15-17-4-10-20(27-2)11-5-17/h4-16,25-26H,1-3H3/b24-15+/t16-/m1/s1. The van der Waals surface area contributed by atoms with Gasteiger partial charge in [-0.3, -0.25) is 5.43 Å². The van der Waals surface area contributed by atoms with Crippen LogP contribution >= 0.6 is 0 Å². The number of benzene rings is 3. The largest absolute Gasteiger partial charge is 0.508 e. The van der Waals surface area contributed by atoms with E-state index in [1.54, 1.807) is 32.6 Å². The molecular weight excluding hydrogens is 352 g/mol. The van der Waals surface area contributed by atoms with Crippen molar-refractivity contribution in [2.24, 2.45) is 5.10 Å². The molecule has 0 unspecified atom stereocenters. The first-order valence-corrected chi connectivity index (χ1v) is 9.00. The van der Waals surface area contributed by atoms with Crippen LogP contribution in [0.25, 0.3) is 0 Å². The van der Waals surface area contributed by atoms with Gasteiger partial charge in [0.2, 0.25) is 0 Å². The van der Waals surface area contributed by atoms with Crippen LogP contribution in [0, 0.1) is 0 Å². The molecule has 0 spiro atoms. The lowest BCUT2D eigenvalue weighted by molar-refractivity contribution is 0.410. The number of ether oxygens (including phenoxy) is 2. The number of rotatable bonds is 7. The van der Waals surface area contributed by atoms with Crippen LogP contribution in [0.5, 0.6) is 17.2 Å². The van der Waals surface area contributed by atoms with Crippen LogP contribution in [-0.2, 0) is 0 Å². The van der Waals surface area contributed by atoms with Crippen LogP contribution in [0.1, 0.15) is 29.5 Å². The van der Waals surface area contributed by atoms with Gasteiger partial charge in [-0.25, -0.2) is 0 Å². The second kappa shape index (κ2) is 8.95. The van der Waals surface area contributed by atoms with Crippen molar-refractivity contribution in [3.8, 4) is 17.2 Å². The van der Waals surface area contributed by atoms with Gasteiger partial charge in [-0.05, 0) is 65.7 Å². The topological polar surface area (TPSA) is 63.1 Å². The van der Waals surface area contributed by atoms with Crippen molar-refractivity contribution in [1.29, 1.82) is 0 Å². The van der Waals surface area contributed by atoms with Gasteiger partial charge in [0.05, 0.1) is 26.1 Å². The highest BCUT2D eigenvalue weighted by atomic mass is 16.5. The molecule has 2 N–H and O–H groups in total. The molecule has 0 saturated heterocycles. The van der Waals surface area contributed by atoms with Gasteiger partial charge < -0.3 is 14.6 Å². The maximum atomic E-state index is 10.2. The van der Waals surface area contributed by atoms with Gasteiger partial charge in [0.15, 0.2) is 0 Å². The zero-order chi connectivity index (χ0) is 19.9. The molecular formula is C23H24N2O3. The molecule has 3 aromatic carbocycles. The molecule has 0 radical (unpaired) electrons. The van der Waals surface area contributed by atoms with Crippen LogP contribution < -0.4 is 14.9 Å². The van der Waals surface area contributed by atoms with E-state index in [1.807, 2.05) is 54.6 Å². The SMILES string of the molecule is COc1ccc(/C=N/Nc2ccc([C@@H](C)c3cc(OC)ccc3O)cc2)cc1. The minimum Gasteiger partial charge on any atom is -0.508 e. The third-order valence-electron chi connectivity index (χ3n) is 4.63. The van der Waals surface area contributed by atoms with Crippen molar-refractivity contribution in [3.63, 3.8) is 0 Å². The van der Waals surface area contributed by atoms with Crippen LogP contribution in [-0.4, -0.2) is 25.5 Å². The summed E-state index contributed by atoms with van der Waals surface area (Å²) in [5, 5.41) is 14.4. The fourth-order valence-electron chi connectivity index (χ4n) is 2.90. The van der Waals surface area contributed by atoms with Crippen molar-refractivity contribution in [2.75, 3.05) is 19.6 Å². The number of phenols is 1. The van der Waals surface area contributed by atoms with Gasteiger partial charge in [-0.1, -0.05) is 19.1 Å². The van der Waals surface area contributed by atoms with E-state index >= 15 is 0 Å². The van der Waals surface area contributed by atoms with Crippen molar-refractivity contribution in [1.82, 2.24) is 0 Å². The van der Waals surface area contributed by atoms with Crippen LogP contribution in [0.3, 0.4) is 0 Å². The van der Waals surface area contributed by atoms with E-state index in [0.717, 1.165) is 33.9 Å². The molecule has 5 nitrogen and oxygen atoms in total. The van der Waals surface area contributed by atoms with E-state index in [9.17, 15) is 5.11 Å². The van der Waals surface area contributed by atoms with Gasteiger partial charge >= 0.3 is 0 Å². The second-order valence-electron chi connectivity index (χ2n) is 6.41. The van der Waals surface area contributed by atoms with E-state index in [2.05, 4.69) is 17.5 Å². The molecule has 0 saturated carbocycles. The molecule has 3 aromatic rings. The average Bonchev–Trinajstić information content (AvgIpc) is 2.74. The number of aromatic hydroxyl groups is 1. The smallest absolute Gasteiger partial charge is 0.119 e. The molecule has 144 valence electrons. The summed E-state index contributed by atoms with van der Waals surface area (Å²) in [5.41, 5.74) is 6.81. The quantitative estimate of drug-likeness (QED) is 0.450. The number of hydrogen-bond acceptors (Lipinski definition) is 5. The third kappa shape index (κ3) is 4.62. The average molecular weight is 376 g/mol. The first-order chi connectivity index (χ1) is 13.6. The minimum absolute atomic E-state index is 0.0342. The van der Waals surface area contributed by atoms with Gasteiger partial charge in [0.25, 0.3) is 0 Å². The predicted octanol–water partition coefficient (Wildman–Crippen LogP) is 5.01. The normalized spacial score (nSPS) is 12.0. The van der Waals surface area contributed by atoms with E-state index in [0.29, 0.717) is 0 Å². The molecule has 0 aliphatic carbocycles. The summed E-state index contributed by atoms with van der Waals surface area (Å²) in [6, 6.07) is 20.9. The molecule has 28 heavy (non-hydrogen) atoms. The molecule has 0 aliphatic heterocycles. The number of nitrogens with zero attached hydrogens (tertiary/aromatic N) is 1. The number of hydrogen-bond donors (Lipinski definition) is 2. The summed E-state index contributed by atoms with van der Waals surface area (Å²) in [4.78, 5) is 0. The Hall–Kier alpha value is -3.47. The second-order valence-corrected chi connectivity index (χ2v) is 6.41. The van der Waals surface area contributed by atoms with Crippen molar-refractivity contribution in [2.45, 2.75) is 12.8 Å². The van der Waals surface area contributed by atoms with Gasteiger partial charge in [-0.15, -0.1) is 0 Å².